The second-order valence-corrected chi connectivity index (χ2v) is 23.6. The molecule has 0 aromatic carbocycles. The summed E-state index contributed by atoms with van der Waals surface area (Å²) < 4.78 is 12.4. The average Bonchev–Trinajstić information content (AvgIpc) is 2.62. The van der Waals surface area contributed by atoms with Crippen LogP contribution in [-0.2, 0) is 9.36 Å². The molecule has 0 N–H and O–H groups in total. The Labute approximate surface area is 258 Å². The molecule has 0 saturated carbocycles. The highest BCUT2D eigenvalue weighted by molar-refractivity contribution is 8.33. The molecule has 0 aromatic heterocycles. The van der Waals surface area contributed by atoms with Gasteiger partial charge in [-0.15, -0.1) is 6.30 Å². The molecule has 0 rings (SSSR count). The van der Waals surface area contributed by atoms with Gasteiger partial charge >= 0.3 is 0 Å². The minimum Gasteiger partial charge on any atom is -0.346 e. The van der Waals surface area contributed by atoms with Crippen LogP contribution in [0.25, 0.3) is 0 Å². The van der Waals surface area contributed by atoms with Gasteiger partial charge in [-0.1, -0.05) is 118 Å². The highest BCUT2D eigenvalue weighted by Gasteiger charge is 2.42. The lowest BCUT2D eigenvalue weighted by atomic mass is 9.18. The Kier molecular flexibility index (Phi) is 24.4. The van der Waals surface area contributed by atoms with Crippen molar-refractivity contribution in [3.05, 3.63) is 0 Å². The van der Waals surface area contributed by atoms with Gasteiger partial charge in [0.1, 0.15) is 18.2 Å². The molecular formula is C25H56B10O2P2. The molecule has 39 heavy (non-hydrogen) atoms. The summed E-state index contributed by atoms with van der Waals surface area (Å²) in [6.45, 7) is 33.3. The minimum atomic E-state index is -2.91. The smallest absolute Gasteiger partial charge is 0.135 e. The van der Waals surface area contributed by atoms with Crippen LogP contribution in [0.4, 0.5) is 0 Å². The van der Waals surface area contributed by atoms with Crippen LogP contribution < -0.4 is 0 Å². The largest absolute Gasteiger partial charge is 0.346 e. The van der Waals surface area contributed by atoms with E-state index in [0.29, 0.717) is 10.8 Å². The van der Waals surface area contributed by atoms with Crippen LogP contribution in [0.3, 0.4) is 0 Å². The molecule has 0 aliphatic heterocycles. The monoisotopic (exact) mass is 560 g/mol. The Hall–Kier alpha value is 0.849. The molecule has 0 aromatic rings. The number of ketones is 1. The molecule has 14 radical (unpaired) electrons. The molecule has 0 aliphatic rings. The Balaban J connectivity index is -0.000000130. The fraction of sp³-hybridized carbons (Fsp3) is 0.920. The van der Waals surface area contributed by atoms with E-state index in [1.54, 1.807) is 34.6 Å². The minimum absolute atomic E-state index is 0.0434. The predicted octanol–water partition coefficient (Wildman–Crippen LogP) is 6.16. The molecule has 0 fully saturated rings. The summed E-state index contributed by atoms with van der Waals surface area (Å²) in [5, 5.41) is -0.488. The van der Waals surface area contributed by atoms with Gasteiger partial charge in [-0.2, -0.15) is 6.64 Å². The first kappa shape index (κ1) is 49.5. The van der Waals surface area contributed by atoms with E-state index in [-0.39, 0.29) is 16.4 Å². The van der Waals surface area contributed by atoms with E-state index in [4.69, 9.17) is 46.3 Å². The Morgan fingerprint density at radius 1 is 0.692 bits per heavy atom. The van der Waals surface area contributed by atoms with E-state index in [9.17, 15) is 9.36 Å². The van der Waals surface area contributed by atoms with Gasteiger partial charge in [0.15, 0.2) is 0 Å². The Bertz CT molecular complexity index is 731. The van der Waals surface area contributed by atoms with E-state index in [0.717, 1.165) is 0 Å². The van der Waals surface area contributed by atoms with Crippen molar-refractivity contribution >= 4 is 98.3 Å². The third-order valence-electron chi connectivity index (χ3n) is 4.70. The zero-order valence-electron chi connectivity index (χ0n) is 29.2. The van der Waals surface area contributed by atoms with Gasteiger partial charge in [-0.05, 0) is 35.0 Å². The second-order valence-electron chi connectivity index (χ2n) is 16.1. The standard InChI is InChI=1S/C6H12O.C5H11B3P.2C5H12.C4H9B7OP/c1-5(7)6(2,3)4;1-5(2,3)9(4,7)8-6;2*1-5(2,3)4;1-4(2,3)13(12,10(6)7)11(8)9-5/h1-4H3;4H2,1-3H3;2*1-4H3;1-3H3. The molecule has 2 atom stereocenters. The van der Waals surface area contributed by atoms with E-state index < -0.39 is 31.1 Å². The Morgan fingerprint density at radius 2 is 0.923 bits per heavy atom. The quantitative estimate of drug-likeness (QED) is 0.306. The molecule has 0 spiro atoms. The molecular weight excluding hydrogens is 502 g/mol. The van der Waals surface area contributed by atoms with Crippen molar-refractivity contribution in [3.8, 4) is 0 Å². The van der Waals surface area contributed by atoms with Crippen molar-refractivity contribution in [1.82, 2.24) is 0 Å². The number of rotatable bonds is 4. The number of carbonyl (C=O) groups excluding carboxylic acids is 1. The van der Waals surface area contributed by atoms with Gasteiger partial charge in [-0.25, -0.2) is 0 Å². The summed E-state index contributed by atoms with van der Waals surface area (Å²) in [5.74, 6) is 0.243. The average molecular weight is 559 g/mol. The maximum atomic E-state index is 12.4. The van der Waals surface area contributed by atoms with Gasteiger partial charge in [0.2, 0.25) is 0 Å². The third-order valence-corrected chi connectivity index (χ3v) is 11.8. The third kappa shape index (κ3) is 30.1. The number of hydrogen-bond acceptors (Lipinski definition) is 2. The zero-order chi connectivity index (χ0) is 33.6. The summed E-state index contributed by atoms with van der Waals surface area (Å²) in [6, 6.07) is 0. The summed E-state index contributed by atoms with van der Waals surface area (Å²) >= 11 is 0. The first-order chi connectivity index (χ1) is 16.4. The van der Waals surface area contributed by atoms with Crippen molar-refractivity contribution in [1.29, 1.82) is 0 Å². The molecule has 2 nitrogen and oxygen atoms in total. The SMILES string of the molecule is CC(=O)C(C)(C)C.CC(C)(C)C.CC(C)(C)C.[B][B]B([B])P(=O)(B([B])[B])C(C)(C)C.[B][B]P([B])(=C)C(C)(C)C. The Morgan fingerprint density at radius 3 is 0.949 bits per heavy atom. The maximum Gasteiger partial charge on any atom is 0.135 e. The van der Waals surface area contributed by atoms with Gasteiger partial charge in [-0.3, -0.25) is 4.79 Å². The maximum absolute atomic E-state index is 12.4. The van der Waals surface area contributed by atoms with Gasteiger partial charge < -0.3 is 4.57 Å². The van der Waals surface area contributed by atoms with Crippen molar-refractivity contribution < 1.29 is 9.36 Å². The molecule has 0 amide bonds. The predicted molar refractivity (Wildman–Crippen MR) is 199 cm³/mol. The molecule has 0 aliphatic carbocycles. The van der Waals surface area contributed by atoms with Crippen molar-refractivity contribution in [2.75, 3.05) is 0 Å². The van der Waals surface area contributed by atoms with E-state index >= 15 is 0 Å². The van der Waals surface area contributed by atoms with Crippen LogP contribution in [0, 0.1) is 16.2 Å². The molecule has 0 saturated heterocycles. The first-order valence-corrected chi connectivity index (χ1v) is 17.4. The second kappa shape index (κ2) is 19.2. The number of Topliss-reactive ketones (excluding diaryl/α,β-unsaturated/α-hetero) is 1. The molecule has 2 unspecified atom stereocenters. The number of hydrogen-bond donors (Lipinski definition) is 0. The summed E-state index contributed by atoms with van der Waals surface area (Å²) in [4.78, 5) is 10.5. The summed E-state index contributed by atoms with van der Waals surface area (Å²) in [6.07, 6.45) is 2.20. The highest BCUT2D eigenvalue weighted by Crippen LogP contribution is 2.58. The van der Waals surface area contributed by atoms with E-state index in [1.807, 2.05) is 20.8 Å². The van der Waals surface area contributed by atoms with Crippen molar-refractivity contribution in [2.45, 2.75) is 135 Å². The van der Waals surface area contributed by atoms with Crippen molar-refractivity contribution in [2.24, 2.45) is 16.2 Å². The van der Waals surface area contributed by atoms with Crippen LogP contribution in [-0.4, -0.2) is 95.0 Å². The molecule has 0 heterocycles. The van der Waals surface area contributed by atoms with Gasteiger partial charge in [0.05, 0.1) is 14.5 Å². The molecule has 14 heteroatoms. The van der Waals surface area contributed by atoms with Crippen LogP contribution >= 0.6 is 13.5 Å². The van der Waals surface area contributed by atoms with Crippen LogP contribution in [0.2, 0.25) is 0 Å². The fourth-order valence-electron chi connectivity index (χ4n) is 1.44. The number of carbonyl (C=O) groups is 1. The van der Waals surface area contributed by atoms with Crippen LogP contribution in [0.5, 0.6) is 0 Å². The van der Waals surface area contributed by atoms with Crippen LogP contribution in [0.15, 0.2) is 0 Å². The lowest BCUT2D eigenvalue weighted by Gasteiger charge is -2.39. The first-order valence-electron chi connectivity index (χ1n) is 13.4. The topological polar surface area (TPSA) is 34.1 Å². The van der Waals surface area contributed by atoms with Crippen molar-refractivity contribution in [3.63, 3.8) is 0 Å². The fourth-order valence-corrected chi connectivity index (χ4v) is 4.33. The lowest BCUT2D eigenvalue weighted by molar-refractivity contribution is -0.124. The lowest BCUT2D eigenvalue weighted by Crippen LogP contribution is -2.41. The highest BCUT2D eigenvalue weighted by atomic mass is 31.2. The summed E-state index contributed by atoms with van der Waals surface area (Å²) in [7, 11) is 34.2. The van der Waals surface area contributed by atoms with Gasteiger partial charge in [0, 0.05) is 51.2 Å². The molecule has 208 valence electrons. The summed E-state index contributed by atoms with van der Waals surface area (Å²) in [5.41, 5.74) is 0.861. The molecule has 0 bridgehead atoms. The van der Waals surface area contributed by atoms with E-state index in [2.05, 4.69) is 82.5 Å². The normalized spacial score (nSPS) is 14.7. The van der Waals surface area contributed by atoms with Crippen LogP contribution in [0.1, 0.15) is 125 Å². The van der Waals surface area contributed by atoms with Gasteiger partial charge in [0.25, 0.3) is 0 Å². The zero-order valence-corrected chi connectivity index (χ0v) is 31.0. The van der Waals surface area contributed by atoms with E-state index in [1.165, 1.54) is 7.06 Å².